The van der Waals surface area contributed by atoms with Gasteiger partial charge in [-0.05, 0) is 22.0 Å². The summed E-state index contributed by atoms with van der Waals surface area (Å²) >= 11 is 3.25. The van der Waals surface area contributed by atoms with Crippen LogP contribution in [0.2, 0.25) is 0 Å². The minimum atomic E-state index is 0.0162. The lowest BCUT2D eigenvalue weighted by Crippen LogP contribution is -2.22. The van der Waals surface area contributed by atoms with Crippen LogP contribution in [0.3, 0.4) is 0 Å². The smallest absolute Gasteiger partial charge is 0.159 e. The Balaban J connectivity index is 2.85. The second kappa shape index (κ2) is 3.76. The molecule has 1 N–H and O–H groups in total. The number of carbonyl (C=O) groups is 1. The monoisotopic (exact) mass is 231 g/mol. The number of aliphatic hydroxyl groups excluding tert-OH is 1. The molecule has 0 unspecified atom stereocenters. The van der Waals surface area contributed by atoms with Crippen molar-refractivity contribution in [3.63, 3.8) is 0 Å². The number of carbonyl (C=O) groups excluding carboxylic acids is 1. The van der Waals surface area contributed by atoms with Crippen molar-refractivity contribution in [3.05, 3.63) is 22.5 Å². The largest absolute Gasteiger partial charge is 0.512 e. The molecule has 1 rings (SSSR count). The Hall–Kier alpha value is -0.770. The Morgan fingerprint density at radius 2 is 2.33 bits per heavy atom. The van der Waals surface area contributed by atoms with Gasteiger partial charge in [-0.2, -0.15) is 0 Å². The minimum Gasteiger partial charge on any atom is -0.512 e. The van der Waals surface area contributed by atoms with Crippen LogP contribution in [0.15, 0.2) is 22.5 Å². The zero-order chi connectivity index (χ0) is 9.14. The Bertz CT molecular complexity index is 258. The number of ketones is 1. The third-order valence-corrected chi connectivity index (χ3v) is 1.89. The first-order valence-corrected chi connectivity index (χ1v) is 4.36. The molecule has 0 aliphatic carbocycles. The maximum Gasteiger partial charge on any atom is 0.159 e. The van der Waals surface area contributed by atoms with Crippen molar-refractivity contribution >= 4 is 21.7 Å². The Morgan fingerprint density at radius 3 is 3.00 bits per heavy atom. The molecule has 3 nitrogen and oxygen atoms in total. The van der Waals surface area contributed by atoms with Gasteiger partial charge in [0.05, 0.1) is 13.0 Å². The average molecular weight is 232 g/mol. The summed E-state index contributed by atoms with van der Waals surface area (Å²) < 4.78 is 0.773. The summed E-state index contributed by atoms with van der Waals surface area (Å²) in [6, 6.07) is 0. The number of hydrogen-bond donors (Lipinski definition) is 1. The normalized spacial score (nSPS) is 19.5. The second-order valence-electron chi connectivity index (χ2n) is 2.78. The van der Waals surface area contributed by atoms with E-state index in [1.165, 1.54) is 6.08 Å². The lowest BCUT2D eigenvalue weighted by molar-refractivity contribution is -0.119. The van der Waals surface area contributed by atoms with Crippen LogP contribution >= 0.6 is 15.9 Å². The van der Waals surface area contributed by atoms with E-state index in [1.54, 1.807) is 11.1 Å². The molecule has 0 fully saturated rings. The zero-order valence-electron chi connectivity index (χ0n) is 6.75. The first-order chi connectivity index (χ1) is 5.58. The number of aliphatic hydroxyl groups is 1. The van der Waals surface area contributed by atoms with Gasteiger partial charge in [0.25, 0.3) is 0 Å². The quantitative estimate of drug-likeness (QED) is 0.689. The first-order valence-electron chi connectivity index (χ1n) is 3.57. The van der Waals surface area contributed by atoms with E-state index in [4.69, 9.17) is 0 Å². The van der Waals surface area contributed by atoms with E-state index in [1.807, 2.05) is 7.05 Å². The summed E-state index contributed by atoms with van der Waals surface area (Å²) in [4.78, 5) is 12.8. The van der Waals surface area contributed by atoms with Crippen molar-refractivity contribution in [2.45, 2.75) is 6.42 Å². The van der Waals surface area contributed by atoms with E-state index in [0.29, 0.717) is 6.54 Å². The van der Waals surface area contributed by atoms with Crippen molar-refractivity contribution in [2.75, 3.05) is 13.6 Å². The van der Waals surface area contributed by atoms with E-state index >= 15 is 0 Å². The highest BCUT2D eigenvalue weighted by atomic mass is 79.9. The van der Waals surface area contributed by atoms with Gasteiger partial charge >= 0.3 is 0 Å². The third-order valence-electron chi connectivity index (χ3n) is 1.45. The summed E-state index contributed by atoms with van der Waals surface area (Å²) in [6.45, 7) is 0.340. The molecule has 1 aliphatic heterocycles. The van der Waals surface area contributed by atoms with Gasteiger partial charge in [-0.15, -0.1) is 0 Å². The minimum absolute atomic E-state index is 0.0162. The van der Waals surface area contributed by atoms with Gasteiger partial charge in [-0.3, -0.25) is 4.79 Å². The number of rotatable bonds is 0. The standard InChI is InChI=1S/C8H10BrNO2/c1-10-4-6(9)2-7(11)3-8(12)5-10/h2,4,11H,3,5H2,1H3. The predicted molar refractivity (Wildman–Crippen MR) is 50.0 cm³/mol. The van der Waals surface area contributed by atoms with Gasteiger partial charge in [0.2, 0.25) is 0 Å². The van der Waals surface area contributed by atoms with Gasteiger partial charge in [-0.25, -0.2) is 0 Å². The molecule has 12 heavy (non-hydrogen) atoms. The molecule has 1 aliphatic rings. The van der Waals surface area contributed by atoms with E-state index in [0.717, 1.165) is 4.48 Å². The van der Waals surface area contributed by atoms with Crippen LogP contribution in [0.25, 0.3) is 0 Å². The van der Waals surface area contributed by atoms with Crippen molar-refractivity contribution in [2.24, 2.45) is 0 Å². The molecule has 0 saturated heterocycles. The Labute approximate surface area is 79.5 Å². The van der Waals surface area contributed by atoms with Crippen molar-refractivity contribution in [3.8, 4) is 0 Å². The van der Waals surface area contributed by atoms with E-state index in [-0.39, 0.29) is 18.0 Å². The number of Topliss-reactive ketones (excluding diaryl/α,β-unsaturated/α-hetero) is 1. The van der Waals surface area contributed by atoms with Crippen LogP contribution in [0.5, 0.6) is 0 Å². The topological polar surface area (TPSA) is 40.5 Å². The number of halogens is 1. The van der Waals surface area contributed by atoms with Crippen LogP contribution < -0.4 is 0 Å². The molecule has 0 amide bonds. The molecule has 0 aromatic heterocycles. The molecule has 0 spiro atoms. The maximum absolute atomic E-state index is 11.1. The molecule has 0 bridgehead atoms. The van der Waals surface area contributed by atoms with Crippen molar-refractivity contribution < 1.29 is 9.90 Å². The van der Waals surface area contributed by atoms with Crippen molar-refractivity contribution in [1.29, 1.82) is 0 Å². The van der Waals surface area contributed by atoms with Gasteiger partial charge < -0.3 is 10.0 Å². The molecular formula is C8H10BrNO2. The third kappa shape index (κ3) is 2.70. The number of likely N-dealkylation sites (N-methyl/N-ethyl adjacent to an activating group) is 1. The van der Waals surface area contributed by atoms with Crippen LogP contribution in [0, 0.1) is 0 Å². The van der Waals surface area contributed by atoms with Crippen molar-refractivity contribution in [1.82, 2.24) is 4.90 Å². The lowest BCUT2D eigenvalue weighted by Gasteiger charge is -2.15. The van der Waals surface area contributed by atoms with Gasteiger partial charge in [0.1, 0.15) is 5.76 Å². The molecule has 1 heterocycles. The second-order valence-corrected chi connectivity index (χ2v) is 3.70. The lowest BCUT2D eigenvalue weighted by atomic mass is 10.2. The molecule has 0 saturated carbocycles. The summed E-state index contributed by atoms with van der Waals surface area (Å²) in [6.07, 6.45) is 3.41. The Kier molecular flexibility index (Phi) is 2.92. The summed E-state index contributed by atoms with van der Waals surface area (Å²) in [5.74, 6) is 0.124. The first kappa shape index (κ1) is 9.32. The highest BCUT2D eigenvalue weighted by Gasteiger charge is 2.10. The fourth-order valence-electron chi connectivity index (χ4n) is 1.04. The number of nitrogens with zero attached hydrogens (tertiary/aromatic N) is 1. The fraction of sp³-hybridized carbons (Fsp3) is 0.375. The zero-order valence-corrected chi connectivity index (χ0v) is 8.34. The summed E-state index contributed by atoms with van der Waals surface area (Å²) in [5, 5.41) is 9.19. The van der Waals surface area contributed by atoms with Gasteiger partial charge in [0, 0.05) is 17.7 Å². The molecule has 0 aromatic carbocycles. The van der Waals surface area contributed by atoms with Gasteiger partial charge in [-0.1, -0.05) is 0 Å². The number of allylic oxidation sites excluding steroid dienone is 3. The van der Waals surface area contributed by atoms with Crippen LogP contribution in [0.4, 0.5) is 0 Å². The van der Waals surface area contributed by atoms with Crippen LogP contribution in [-0.4, -0.2) is 29.4 Å². The SMILES string of the molecule is CN1C=C(Br)C=C(O)CC(=O)C1. The molecular weight excluding hydrogens is 222 g/mol. The maximum atomic E-state index is 11.1. The number of hydrogen-bond acceptors (Lipinski definition) is 3. The Morgan fingerprint density at radius 1 is 1.67 bits per heavy atom. The molecule has 4 heteroatoms. The molecule has 66 valence electrons. The molecule has 0 aromatic rings. The van der Waals surface area contributed by atoms with E-state index in [9.17, 15) is 9.90 Å². The molecule has 0 radical (unpaired) electrons. The average Bonchev–Trinajstić information content (AvgIpc) is 1.81. The highest BCUT2D eigenvalue weighted by Crippen LogP contribution is 2.14. The van der Waals surface area contributed by atoms with Crippen LogP contribution in [0.1, 0.15) is 6.42 Å². The van der Waals surface area contributed by atoms with E-state index in [2.05, 4.69) is 15.9 Å². The van der Waals surface area contributed by atoms with Gasteiger partial charge in [0.15, 0.2) is 5.78 Å². The highest BCUT2D eigenvalue weighted by molar-refractivity contribution is 9.11. The fourth-order valence-corrected chi connectivity index (χ4v) is 1.65. The molecule has 0 atom stereocenters. The summed E-state index contributed by atoms with van der Waals surface area (Å²) in [7, 11) is 1.81. The van der Waals surface area contributed by atoms with E-state index < -0.39 is 0 Å². The summed E-state index contributed by atoms with van der Waals surface area (Å²) in [5.41, 5.74) is 0. The predicted octanol–water partition coefficient (Wildman–Crippen LogP) is 1.57. The van der Waals surface area contributed by atoms with Crippen LogP contribution in [-0.2, 0) is 4.79 Å².